The number of nitrogens with zero attached hydrogens (tertiary/aromatic N) is 2. The summed E-state index contributed by atoms with van der Waals surface area (Å²) < 4.78 is 0. The predicted molar refractivity (Wildman–Crippen MR) is 95.6 cm³/mol. The van der Waals surface area contributed by atoms with Crippen molar-refractivity contribution in [3.05, 3.63) is 24.4 Å². The van der Waals surface area contributed by atoms with Gasteiger partial charge in [0.25, 0.3) is 0 Å². The monoisotopic (exact) mass is 332 g/mol. The lowest BCUT2D eigenvalue weighted by atomic mass is 9.88. The van der Waals surface area contributed by atoms with E-state index >= 15 is 0 Å². The van der Waals surface area contributed by atoms with Crippen molar-refractivity contribution >= 4 is 17.7 Å². The maximum atomic E-state index is 13.0. The second-order valence-electron chi connectivity index (χ2n) is 6.84. The molecule has 0 aromatic carbocycles. The van der Waals surface area contributed by atoms with Crippen LogP contribution < -0.4 is 0 Å². The van der Waals surface area contributed by atoms with E-state index in [1.165, 1.54) is 64.2 Å². The molecule has 0 atom stereocenters. The van der Waals surface area contributed by atoms with Crippen LogP contribution in [0, 0.1) is 0 Å². The van der Waals surface area contributed by atoms with Crippen LogP contribution in [0.4, 0.5) is 0 Å². The van der Waals surface area contributed by atoms with Gasteiger partial charge in [-0.1, -0.05) is 56.4 Å². The van der Waals surface area contributed by atoms with E-state index in [0.29, 0.717) is 23.7 Å². The Kier molecular flexibility index (Phi) is 6.37. The topological polar surface area (TPSA) is 33.2 Å². The van der Waals surface area contributed by atoms with Gasteiger partial charge in [-0.25, -0.2) is 4.98 Å². The second-order valence-corrected chi connectivity index (χ2v) is 7.84. The number of aromatic nitrogens is 1. The van der Waals surface area contributed by atoms with Gasteiger partial charge in [-0.05, 0) is 37.8 Å². The van der Waals surface area contributed by atoms with Crippen molar-refractivity contribution in [3.8, 4) is 0 Å². The van der Waals surface area contributed by atoms with Crippen LogP contribution in [0.5, 0.6) is 0 Å². The maximum absolute atomic E-state index is 13.0. The molecule has 1 amide bonds. The minimum atomic E-state index is 0.333. The van der Waals surface area contributed by atoms with E-state index in [2.05, 4.69) is 9.88 Å². The molecule has 1 heterocycles. The molecule has 2 aliphatic carbocycles. The van der Waals surface area contributed by atoms with Crippen molar-refractivity contribution in [2.24, 2.45) is 0 Å². The average molecular weight is 333 g/mol. The Balaban J connectivity index is 1.64. The third kappa shape index (κ3) is 4.72. The molecule has 3 nitrogen and oxygen atoms in total. The first kappa shape index (κ1) is 16.8. The lowest BCUT2D eigenvalue weighted by Gasteiger charge is -2.41. The van der Waals surface area contributed by atoms with Gasteiger partial charge in [-0.2, -0.15) is 0 Å². The summed E-state index contributed by atoms with van der Waals surface area (Å²) in [6.07, 6.45) is 14.4. The molecule has 1 aromatic heterocycles. The van der Waals surface area contributed by atoms with E-state index in [9.17, 15) is 4.79 Å². The highest BCUT2D eigenvalue weighted by Crippen LogP contribution is 2.31. The predicted octanol–water partition coefficient (Wildman–Crippen LogP) is 4.67. The first-order valence-corrected chi connectivity index (χ1v) is 10.2. The summed E-state index contributed by atoms with van der Waals surface area (Å²) >= 11 is 1.58. The highest BCUT2D eigenvalue weighted by molar-refractivity contribution is 7.99. The van der Waals surface area contributed by atoms with Crippen molar-refractivity contribution in [3.63, 3.8) is 0 Å². The van der Waals surface area contributed by atoms with Gasteiger partial charge in [0.1, 0.15) is 0 Å². The van der Waals surface area contributed by atoms with E-state index in [1.807, 2.05) is 18.2 Å². The van der Waals surface area contributed by atoms with Crippen molar-refractivity contribution in [1.82, 2.24) is 9.88 Å². The molecule has 0 radical (unpaired) electrons. The fourth-order valence-electron chi connectivity index (χ4n) is 4.07. The van der Waals surface area contributed by atoms with E-state index < -0.39 is 0 Å². The summed E-state index contributed by atoms with van der Waals surface area (Å²) in [4.78, 5) is 19.6. The summed E-state index contributed by atoms with van der Waals surface area (Å²) in [6.45, 7) is 0. The zero-order valence-corrected chi connectivity index (χ0v) is 14.8. The van der Waals surface area contributed by atoms with E-state index in [-0.39, 0.29) is 0 Å². The molecule has 126 valence electrons. The number of hydrogen-bond acceptors (Lipinski definition) is 3. The normalized spacial score (nSPS) is 20.3. The molecule has 23 heavy (non-hydrogen) atoms. The van der Waals surface area contributed by atoms with Crippen LogP contribution in [0.15, 0.2) is 29.4 Å². The van der Waals surface area contributed by atoms with Gasteiger partial charge in [-0.15, -0.1) is 0 Å². The molecule has 0 saturated heterocycles. The van der Waals surface area contributed by atoms with Crippen LogP contribution >= 0.6 is 11.8 Å². The number of pyridine rings is 1. The average Bonchev–Trinajstić information content (AvgIpc) is 2.63. The highest BCUT2D eigenvalue weighted by Gasteiger charge is 2.32. The minimum Gasteiger partial charge on any atom is -0.336 e. The zero-order chi connectivity index (χ0) is 15.9. The number of rotatable bonds is 5. The first-order valence-electron chi connectivity index (χ1n) is 9.19. The molecule has 4 heteroatoms. The largest absolute Gasteiger partial charge is 0.336 e. The molecule has 0 aliphatic heterocycles. The van der Waals surface area contributed by atoms with Crippen LogP contribution in [-0.2, 0) is 4.79 Å². The highest BCUT2D eigenvalue weighted by atomic mass is 32.2. The Morgan fingerprint density at radius 1 is 1.00 bits per heavy atom. The SMILES string of the molecule is O=C(CSc1ccccn1)N(C1CCCCC1)C1CCCCC1. The maximum Gasteiger partial charge on any atom is 0.233 e. The van der Waals surface area contributed by atoms with Crippen LogP contribution in [0.25, 0.3) is 0 Å². The Bertz CT molecular complexity index is 463. The molecule has 0 N–H and O–H groups in total. The van der Waals surface area contributed by atoms with E-state index in [4.69, 9.17) is 0 Å². The number of carbonyl (C=O) groups is 1. The molecule has 2 aliphatic rings. The summed E-state index contributed by atoms with van der Waals surface area (Å²) in [7, 11) is 0. The number of hydrogen-bond donors (Lipinski definition) is 0. The summed E-state index contributed by atoms with van der Waals surface area (Å²) in [5.41, 5.74) is 0. The van der Waals surface area contributed by atoms with Crippen molar-refractivity contribution < 1.29 is 4.79 Å². The van der Waals surface area contributed by atoms with Crippen LogP contribution in [0.1, 0.15) is 64.2 Å². The second kappa shape index (κ2) is 8.72. The Labute approximate surface area is 144 Å². The molecule has 0 spiro atoms. The van der Waals surface area contributed by atoms with Gasteiger partial charge in [0.2, 0.25) is 5.91 Å². The number of thioether (sulfide) groups is 1. The van der Waals surface area contributed by atoms with Crippen LogP contribution in [0.3, 0.4) is 0 Å². The van der Waals surface area contributed by atoms with Crippen molar-refractivity contribution in [2.45, 2.75) is 81.3 Å². The molecular weight excluding hydrogens is 304 g/mol. The fraction of sp³-hybridized carbons (Fsp3) is 0.684. The van der Waals surface area contributed by atoms with E-state index in [1.54, 1.807) is 18.0 Å². The minimum absolute atomic E-state index is 0.333. The smallest absolute Gasteiger partial charge is 0.233 e. The van der Waals surface area contributed by atoms with E-state index in [0.717, 1.165) is 5.03 Å². The van der Waals surface area contributed by atoms with Crippen LogP contribution in [0.2, 0.25) is 0 Å². The van der Waals surface area contributed by atoms with Gasteiger partial charge < -0.3 is 4.90 Å². The lowest BCUT2D eigenvalue weighted by Crippen LogP contribution is -2.49. The van der Waals surface area contributed by atoms with Gasteiger partial charge in [0.15, 0.2) is 0 Å². The Morgan fingerprint density at radius 2 is 1.61 bits per heavy atom. The summed E-state index contributed by atoms with van der Waals surface area (Å²) in [5.74, 6) is 0.865. The summed E-state index contributed by atoms with van der Waals surface area (Å²) in [6, 6.07) is 6.87. The summed E-state index contributed by atoms with van der Waals surface area (Å²) in [5, 5.41) is 0.952. The number of carbonyl (C=O) groups excluding carboxylic acids is 1. The standard InChI is InChI=1S/C19H28N2OS/c22-19(15-23-18-13-7-8-14-20-18)21(16-9-3-1-4-10-16)17-11-5-2-6-12-17/h7-8,13-14,16-17H,1-6,9-12,15H2. The van der Waals surface area contributed by atoms with Crippen molar-refractivity contribution in [2.75, 3.05) is 5.75 Å². The molecule has 3 rings (SSSR count). The molecule has 0 unspecified atom stereocenters. The molecule has 2 saturated carbocycles. The Hall–Kier alpha value is -1.03. The Morgan fingerprint density at radius 3 is 2.13 bits per heavy atom. The van der Waals surface area contributed by atoms with Crippen molar-refractivity contribution in [1.29, 1.82) is 0 Å². The molecular formula is C19H28N2OS. The lowest BCUT2D eigenvalue weighted by molar-refractivity contribution is -0.135. The molecule has 1 aromatic rings. The third-order valence-corrected chi connectivity index (χ3v) is 6.13. The zero-order valence-electron chi connectivity index (χ0n) is 14.0. The van der Waals surface area contributed by atoms with Gasteiger partial charge in [0.05, 0.1) is 10.8 Å². The van der Waals surface area contributed by atoms with Gasteiger partial charge >= 0.3 is 0 Å². The van der Waals surface area contributed by atoms with Gasteiger partial charge in [-0.3, -0.25) is 4.79 Å². The molecule has 2 fully saturated rings. The van der Waals surface area contributed by atoms with Gasteiger partial charge in [0, 0.05) is 18.3 Å². The fourth-order valence-corrected chi connectivity index (χ4v) is 4.80. The third-order valence-electron chi connectivity index (χ3n) is 5.21. The molecule has 0 bridgehead atoms. The number of amides is 1. The van der Waals surface area contributed by atoms with Crippen LogP contribution in [-0.4, -0.2) is 33.6 Å². The quantitative estimate of drug-likeness (QED) is 0.735. The first-order chi connectivity index (χ1) is 11.3.